The number of amides is 1. The number of hydrogen-bond donors (Lipinski definition) is 0. The van der Waals surface area contributed by atoms with E-state index in [1.54, 1.807) is 0 Å². The zero-order chi connectivity index (χ0) is 21.2. The SMILES string of the molecule is CC(C)CCN1CCN(C(=O)c2cnn(-c3ccccc3F)c2C(F)(F)F)CC1. The fraction of sp³-hybridized carbons (Fsp3) is 0.500. The van der Waals surface area contributed by atoms with Crippen molar-refractivity contribution in [2.24, 2.45) is 5.92 Å². The molecule has 1 fully saturated rings. The van der Waals surface area contributed by atoms with Crippen molar-refractivity contribution in [3.63, 3.8) is 0 Å². The van der Waals surface area contributed by atoms with Crippen LogP contribution >= 0.6 is 0 Å². The first kappa shape index (κ1) is 21.3. The summed E-state index contributed by atoms with van der Waals surface area (Å²) in [5.74, 6) is -1.02. The molecule has 3 rings (SSSR count). The third-order valence-electron chi connectivity index (χ3n) is 5.03. The molecule has 0 radical (unpaired) electrons. The minimum absolute atomic E-state index is 0.346. The van der Waals surface area contributed by atoms with Crippen LogP contribution < -0.4 is 0 Å². The van der Waals surface area contributed by atoms with E-state index in [1.807, 2.05) is 0 Å². The molecule has 2 heterocycles. The smallest absolute Gasteiger partial charge is 0.336 e. The molecule has 1 aromatic heterocycles. The van der Waals surface area contributed by atoms with Crippen LogP contribution in [0.1, 0.15) is 36.3 Å². The van der Waals surface area contributed by atoms with Crippen molar-refractivity contribution in [2.45, 2.75) is 26.4 Å². The molecule has 1 saturated heterocycles. The van der Waals surface area contributed by atoms with Gasteiger partial charge in [0.05, 0.1) is 11.8 Å². The molecule has 0 bridgehead atoms. The van der Waals surface area contributed by atoms with Crippen molar-refractivity contribution >= 4 is 5.91 Å². The number of carbonyl (C=O) groups excluding carboxylic acids is 1. The Morgan fingerprint density at radius 3 is 2.38 bits per heavy atom. The van der Waals surface area contributed by atoms with E-state index in [0.717, 1.165) is 25.2 Å². The summed E-state index contributed by atoms with van der Waals surface area (Å²) in [4.78, 5) is 16.4. The number of piperazine rings is 1. The summed E-state index contributed by atoms with van der Waals surface area (Å²) in [5, 5.41) is 3.69. The molecule has 0 N–H and O–H groups in total. The van der Waals surface area contributed by atoms with Crippen LogP contribution in [0.3, 0.4) is 0 Å². The first-order valence-electron chi connectivity index (χ1n) is 9.60. The molecule has 0 saturated carbocycles. The highest BCUT2D eigenvalue weighted by Gasteiger charge is 2.42. The Labute approximate surface area is 166 Å². The van der Waals surface area contributed by atoms with E-state index >= 15 is 0 Å². The van der Waals surface area contributed by atoms with Gasteiger partial charge in [-0.2, -0.15) is 18.3 Å². The average molecular weight is 412 g/mol. The summed E-state index contributed by atoms with van der Waals surface area (Å²) in [6.07, 6.45) is -2.95. The predicted octanol–water partition coefficient (Wildman–Crippen LogP) is 3.83. The zero-order valence-electron chi connectivity index (χ0n) is 16.4. The minimum Gasteiger partial charge on any atom is -0.336 e. The van der Waals surface area contributed by atoms with Crippen LogP contribution in [0.4, 0.5) is 17.6 Å². The van der Waals surface area contributed by atoms with E-state index in [4.69, 9.17) is 0 Å². The van der Waals surface area contributed by atoms with Gasteiger partial charge in [0.15, 0.2) is 5.69 Å². The molecule has 5 nitrogen and oxygen atoms in total. The van der Waals surface area contributed by atoms with Gasteiger partial charge < -0.3 is 4.90 Å². The Hall–Kier alpha value is -2.42. The molecule has 1 aliphatic rings. The molecule has 1 amide bonds. The first-order valence-corrected chi connectivity index (χ1v) is 9.60. The minimum atomic E-state index is -4.86. The number of halogens is 4. The molecule has 1 aromatic carbocycles. The number of rotatable bonds is 5. The van der Waals surface area contributed by atoms with Crippen molar-refractivity contribution in [3.05, 3.63) is 47.5 Å². The van der Waals surface area contributed by atoms with Gasteiger partial charge in [-0.3, -0.25) is 9.69 Å². The monoisotopic (exact) mass is 412 g/mol. The maximum absolute atomic E-state index is 14.1. The first-order chi connectivity index (χ1) is 13.7. The zero-order valence-corrected chi connectivity index (χ0v) is 16.4. The second-order valence-electron chi connectivity index (χ2n) is 7.58. The highest BCUT2D eigenvalue weighted by Crippen LogP contribution is 2.34. The second-order valence-corrected chi connectivity index (χ2v) is 7.58. The van der Waals surface area contributed by atoms with Crippen molar-refractivity contribution < 1.29 is 22.4 Å². The highest BCUT2D eigenvalue weighted by atomic mass is 19.4. The topological polar surface area (TPSA) is 41.4 Å². The maximum Gasteiger partial charge on any atom is 0.434 e. The van der Waals surface area contributed by atoms with E-state index in [1.165, 1.54) is 23.1 Å². The Morgan fingerprint density at radius 2 is 1.79 bits per heavy atom. The van der Waals surface area contributed by atoms with Crippen LogP contribution in [-0.2, 0) is 6.18 Å². The highest BCUT2D eigenvalue weighted by molar-refractivity contribution is 5.95. The molecule has 0 spiro atoms. The summed E-state index contributed by atoms with van der Waals surface area (Å²) in [6.45, 7) is 7.08. The van der Waals surface area contributed by atoms with Gasteiger partial charge in [0.1, 0.15) is 11.5 Å². The molecule has 2 aromatic rings. The van der Waals surface area contributed by atoms with Crippen molar-refractivity contribution in [2.75, 3.05) is 32.7 Å². The lowest BCUT2D eigenvalue weighted by Gasteiger charge is -2.35. The summed E-state index contributed by atoms with van der Waals surface area (Å²) >= 11 is 0. The predicted molar refractivity (Wildman–Crippen MR) is 100 cm³/mol. The number of benzene rings is 1. The van der Waals surface area contributed by atoms with Crippen LogP contribution in [0.15, 0.2) is 30.5 Å². The molecular weight excluding hydrogens is 388 g/mol. The number of aromatic nitrogens is 2. The Balaban J connectivity index is 1.83. The Morgan fingerprint density at radius 1 is 1.14 bits per heavy atom. The van der Waals surface area contributed by atoms with Gasteiger partial charge in [0.2, 0.25) is 0 Å². The van der Waals surface area contributed by atoms with Crippen LogP contribution in [0, 0.1) is 11.7 Å². The number of carbonyl (C=O) groups is 1. The summed E-state index contributed by atoms with van der Waals surface area (Å²) in [7, 11) is 0. The van der Waals surface area contributed by atoms with Gasteiger partial charge in [-0.15, -0.1) is 0 Å². The maximum atomic E-state index is 14.1. The molecule has 0 aliphatic carbocycles. The lowest BCUT2D eigenvalue weighted by molar-refractivity contribution is -0.143. The number of alkyl halides is 3. The largest absolute Gasteiger partial charge is 0.434 e. The third-order valence-corrected chi connectivity index (χ3v) is 5.03. The molecule has 0 unspecified atom stereocenters. The van der Waals surface area contributed by atoms with Crippen molar-refractivity contribution in [1.29, 1.82) is 0 Å². The average Bonchev–Trinajstić information content (AvgIpc) is 3.12. The summed E-state index contributed by atoms with van der Waals surface area (Å²) in [6, 6.07) is 5.03. The van der Waals surface area contributed by atoms with Gasteiger partial charge in [-0.05, 0) is 31.0 Å². The van der Waals surface area contributed by atoms with E-state index < -0.39 is 29.2 Å². The molecule has 0 atom stereocenters. The standard InChI is InChI=1S/C20H24F4N4O/c1-14(2)7-8-26-9-11-27(12-10-26)19(29)15-13-25-28(18(15)20(22,23)24)17-6-4-3-5-16(17)21/h3-6,13-14H,7-12H2,1-2H3. The summed E-state index contributed by atoms with van der Waals surface area (Å²) < 4.78 is 55.8. The normalized spacial score (nSPS) is 15.9. The Bertz CT molecular complexity index is 854. The fourth-order valence-corrected chi connectivity index (χ4v) is 3.37. The van der Waals surface area contributed by atoms with E-state index in [9.17, 15) is 22.4 Å². The van der Waals surface area contributed by atoms with Crippen LogP contribution in [-0.4, -0.2) is 58.2 Å². The quantitative estimate of drug-likeness (QED) is 0.701. The molecule has 29 heavy (non-hydrogen) atoms. The van der Waals surface area contributed by atoms with Crippen LogP contribution in [0.2, 0.25) is 0 Å². The summed E-state index contributed by atoms with van der Waals surface area (Å²) in [5.41, 5.74) is -2.16. The van der Waals surface area contributed by atoms with Crippen molar-refractivity contribution in [3.8, 4) is 5.69 Å². The van der Waals surface area contributed by atoms with E-state index in [-0.39, 0.29) is 5.69 Å². The molecule has 158 valence electrons. The van der Waals surface area contributed by atoms with Gasteiger partial charge in [-0.1, -0.05) is 26.0 Å². The van der Waals surface area contributed by atoms with Crippen molar-refractivity contribution in [1.82, 2.24) is 19.6 Å². The van der Waals surface area contributed by atoms with Gasteiger partial charge in [0, 0.05) is 26.2 Å². The van der Waals surface area contributed by atoms with E-state index in [2.05, 4.69) is 23.8 Å². The van der Waals surface area contributed by atoms with E-state index in [0.29, 0.717) is 36.8 Å². The fourth-order valence-electron chi connectivity index (χ4n) is 3.37. The number of hydrogen-bond acceptors (Lipinski definition) is 3. The molecule has 9 heteroatoms. The number of nitrogens with zero attached hydrogens (tertiary/aromatic N) is 4. The molecular formula is C20H24F4N4O. The van der Waals surface area contributed by atoms with Gasteiger partial charge in [0.25, 0.3) is 5.91 Å². The Kier molecular flexibility index (Phi) is 6.26. The second kappa shape index (κ2) is 8.52. The van der Waals surface area contributed by atoms with Crippen LogP contribution in [0.5, 0.6) is 0 Å². The number of para-hydroxylation sites is 1. The van der Waals surface area contributed by atoms with Gasteiger partial charge >= 0.3 is 6.18 Å². The lowest BCUT2D eigenvalue weighted by atomic mass is 10.1. The van der Waals surface area contributed by atoms with Crippen LogP contribution in [0.25, 0.3) is 5.69 Å². The molecule has 1 aliphatic heterocycles. The van der Waals surface area contributed by atoms with Gasteiger partial charge in [-0.25, -0.2) is 9.07 Å². The lowest BCUT2D eigenvalue weighted by Crippen LogP contribution is -2.49. The third kappa shape index (κ3) is 4.77.